The summed E-state index contributed by atoms with van der Waals surface area (Å²) >= 11 is 0. The van der Waals surface area contributed by atoms with Crippen molar-refractivity contribution in [3.05, 3.63) is 42.5 Å². The van der Waals surface area contributed by atoms with Crippen molar-refractivity contribution in [2.45, 2.75) is 12.8 Å². The van der Waals surface area contributed by atoms with Crippen molar-refractivity contribution in [3.63, 3.8) is 0 Å². The van der Waals surface area contributed by atoms with Gasteiger partial charge in [-0.1, -0.05) is 30.6 Å². The first-order chi connectivity index (χ1) is 8.22. The summed E-state index contributed by atoms with van der Waals surface area (Å²) in [5, 5.41) is 0. The summed E-state index contributed by atoms with van der Waals surface area (Å²) in [5.41, 5.74) is 1.74. The van der Waals surface area contributed by atoms with Crippen LogP contribution in [0.1, 0.15) is 18.4 Å². The second kappa shape index (κ2) is 4.88. The molecule has 0 atom stereocenters. The maximum atomic E-state index is 11.6. The quantitative estimate of drug-likeness (QED) is 0.559. The molecule has 1 saturated carbocycles. The van der Waals surface area contributed by atoms with Crippen molar-refractivity contribution < 1.29 is 4.79 Å². The first-order valence-corrected chi connectivity index (χ1v) is 5.73. The van der Waals surface area contributed by atoms with Gasteiger partial charge in [0.15, 0.2) is 0 Å². The smallest absolute Gasteiger partial charge is 0.250 e. The third-order valence-electron chi connectivity index (χ3n) is 2.76. The van der Waals surface area contributed by atoms with Gasteiger partial charge in [-0.3, -0.25) is 4.79 Å². The van der Waals surface area contributed by atoms with E-state index in [1.165, 1.54) is 18.9 Å². The molecule has 0 aromatic heterocycles. The van der Waals surface area contributed by atoms with Crippen LogP contribution in [0, 0.1) is 17.8 Å². The summed E-state index contributed by atoms with van der Waals surface area (Å²) < 4.78 is 0. The fourth-order valence-electron chi connectivity index (χ4n) is 1.53. The number of rotatable bonds is 2. The van der Waals surface area contributed by atoms with Gasteiger partial charge in [0, 0.05) is 18.5 Å². The van der Waals surface area contributed by atoms with E-state index >= 15 is 0 Å². The Kier molecular flexibility index (Phi) is 3.30. The Balaban J connectivity index is 2.30. The van der Waals surface area contributed by atoms with Crippen LogP contribution < -0.4 is 4.90 Å². The van der Waals surface area contributed by atoms with Crippen LogP contribution in [0.5, 0.6) is 0 Å². The zero-order chi connectivity index (χ0) is 12.3. The molecule has 1 aromatic rings. The van der Waals surface area contributed by atoms with E-state index in [-0.39, 0.29) is 5.91 Å². The van der Waals surface area contributed by atoms with Crippen LogP contribution in [0.15, 0.2) is 36.9 Å². The Labute approximate surface area is 102 Å². The third kappa shape index (κ3) is 2.76. The summed E-state index contributed by atoms with van der Waals surface area (Å²) in [6.07, 6.45) is 3.72. The van der Waals surface area contributed by atoms with Gasteiger partial charge in [0.05, 0.1) is 5.69 Å². The number of para-hydroxylation sites is 1. The minimum absolute atomic E-state index is 0.120. The summed E-state index contributed by atoms with van der Waals surface area (Å²) in [5.74, 6) is 6.81. The van der Waals surface area contributed by atoms with Crippen LogP contribution in [0.3, 0.4) is 0 Å². The Morgan fingerprint density at radius 1 is 1.47 bits per heavy atom. The molecule has 1 aliphatic carbocycles. The van der Waals surface area contributed by atoms with E-state index in [2.05, 4.69) is 18.4 Å². The maximum Gasteiger partial charge on any atom is 0.250 e. The number of likely N-dealkylation sites (N-methyl/N-ethyl adjacent to an activating group) is 1. The number of hydrogen-bond acceptors (Lipinski definition) is 1. The summed E-state index contributed by atoms with van der Waals surface area (Å²) in [7, 11) is 1.74. The van der Waals surface area contributed by atoms with E-state index in [1.54, 1.807) is 11.9 Å². The third-order valence-corrected chi connectivity index (χ3v) is 2.76. The summed E-state index contributed by atoms with van der Waals surface area (Å²) in [6, 6.07) is 7.69. The minimum atomic E-state index is -0.120. The van der Waals surface area contributed by atoms with E-state index in [0.717, 1.165) is 11.3 Å². The lowest BCUT2D eigenvalue weighted by atomic mass is 10.1. The fraction of sp³-hybridized carbons (Fsp3) is 0.267. The van der Waals surface area contributed by atoms with Crippen LogP contribution in [-0.2, 0) is 4.79 Å². The number of hydrogen-bond donors (Lipinski definition) is 0. The molecule has 0 N–H and O–H groups in total. The zero-order valence-corrected chi connectivity index (χ0v) is 9.94. The average molecular weight is 225 g/mol. The van der Waals surface area contributed by atoms with Crippen LogP contribution >= 0.6 is 0 Å². The highest BCUT2D eigenvalue weighted by atomic mass is 16.2. The molecule has 17 heavy (non-hydrogen) atoms. The van der Waals surface area contributed by atoms with Crippen LogP contribution in [0.25, 0.3) is 0 Å². The van der Waals surface area contributed by atoms with Gasteiger partial charge in [-0.05, 0) is 31.1 Å². The minimum Gasteiger partial charge on any atom is -0.311 e. The van der Waals surface area contributed by atoms with Gasteiger partial charge in [-0.15, -0.1) is 0 Å². The molecule has 0 bridgehead atoms. The number of nitrogens with zero attached hydrogens (tertiary/aromatic N) is 1. The van der Waals surface area contributed by atoms with Crippen LogP contribution in [0.2, 0.25) is 0 Å². The Morgan fingerprint density at radius 3 is 2.82 bits per heavy atom. The lowest BCUT2D eigenvalue weighted by Gasteiger charge is -2.16. The van der Waals surface area contributed by atoms with Gasteiger partial charge in [0.1, 0.15) is 0 Å². The summed E-state index contributed by atoms with van der Waals surface area (Å²) in [4.78, 5) is 13.1. The number of carbonyl (C=O) groups is 1. The molecule has 0 radical (unpaired) electrons. The molecule has 86 valence electrons. The lowest BCUT2D eigenvalue weighted by Crippen LogP contribution is -2.24. The van der Waals surface area contributed by atoms with Gasteiger partial charge in [0.25, 0.3) is 0 Å². The molecule has 0 unspecified atom stereocenters. The SMILES string of the molecule is C=CC(=O)N(C)c1ccccc1C#CC1CC1. The van der Waals surface area contributed by atoms with Crippen LogP contribution in [0.4, 0.5) is 5.69 Å². The first-order valence-electron chi connectivity index (χ1n) is 5.73. The van der Waals surface area contributed by atoms with Crippen LogP contribution in [-0.4, -0.2) is 13.0 Å². The predicted octanol–water partition coefficient (Wildman–Crippen LogP) is 2.60. The average Bonchev–Trinajstić information content (AvgIpc) is 3.19. The highest BCUT2D eigenvalue weighted by molar-refractivity contribution is 6.01. The normalized spacial score (nSPS) is 13.5. The molecule has 0 aliphatic heterocycles. The number of benzene rings is 1. The van der Waals surface area contributed by atoms with Crippen molar-refractivity contribution in [1.29, 1.82) is 0 Å². The van der Waals surface area contributed by atoms with Crippen molar-refractivity contribution >= 4 is 11.6 Å². The fourth-order valence-corrected chi connectivity index (χ4v) is 1.53. The van der Waals surface area contributed by atoms with E-state index in [9.17, 15) is 4.79 Å². The Bertz CT molecular complexity index is 503. The first kappa shape index (κ1) is 11.5. The molecular formula is C15H15NO. The molecule has 0 spiro atoms. The van der Waals surface area contributed by atoms with E-state index < -0.39 is 0 Å². The zero-order valence-electron chi connectivity index (χ0n) is 9.94. The molecule has 0 saturated heterocycles. The molecule has 2 heteroatoms. The molecule has 1 fully saturated rings. The van der Waals surface area contributed by atoms with Crippen molar-refractivity contribution in [2.24, 2.45) is 5.92 Å². The van der Waals surface area contributed by atoms with Gasteiger partial charge in [-0.25, -0.2) is 0 Å². The number of carbonyl (C=O) groups excluding carboxylic acids is 1. The Hall–Kier alpha value is -2.01. The van der Waals surface area contributed by atoms with E-state index in [0.29, 0.717) is 5.92 Å². The Morgan fingerprint density at radius 2 is 2.18 bits per heavy atom. The van der Waals surface area contributed by atoms with Crippen molar-refractivity contribution in [2.75, 3.05) is 11.9 Å². The molecular weight excluding hydrogens is 210 g/mol. The van der Waals surface area contributed by atoms with Gasteiger partial charge >= 0.3 is 0 Å². The molecule has 2 nitrogen and oxygen atoms in total. The highest BCUT2D eigenvalue weighted by Crippen LogP contribution is 2.28. The number of anilines is 1. The van der Waals surface area contributed by atoms with Gasteiger partial charge in [0.2, 0.25) is 5.91 Å². The second-order valence-corrected chi connectivity index (χ2v) is 4.16. The summed E-state index contributed by atoms with van der Waals surface area (Å²) in [6.45, 7) is 3.49. The predicted molar refractivity (Wildman–Crippen MR) is 69.7 cm³/mol. The van der Waals surface area contributed by atoms with E-state index in [1.807, 2.05) is 24.3 Å². The molecule has 1 aromatic carbocycles. The molecule has 2 rings (SSSR count). The maximum absolute atomic E-state index is 11.6. The van der Waals surface area contributed by atoms with Crippen molar-refractivity contribution in [1.82, 2.24) is 0 Å². The number of amides is 1. The highest BCUT2D eigenvalue weighted by Gasteiger charge is 2.18. The largest absolute Gasteiger partial charge is 0.311 e. The standard InChI is InChI=1S/C15H15NO/c1-3-15(17)16(2)14-7-5-4-6-13(14)11-10-12-8-9-12/h3-7,12H,1,8-9H2,2H3. The molecule has 0 heterocycles. The van der Waals surface area contributed by atoms with E-state index in [4.69, 9.17) is 0 Å². The van der Waals surface area contributed by atoms with Gasteiger partial charge in [-0.2, -0.15) is 0 Å². The topological polar surface area (TPSA) is 20.3 Å². The second-order valence-electron chi connectivity index (χ2n) is 4.16. The molecule has 1 aliphatic rings. The molecule has 1 amide bonds. The van der Waals surface area contributed by atoms with Crippen molar-refractivity contribution in [3.8, 4) is 11.8 Å². The lowest BCUT2D eigenvalue weighted by molar-refractivity contribution is -0.113. The monoisotopic (exact) mass is 225 g/mol. The van der Waals surface area contributed by atoms with Gasteiger partial charge < -0.3 is 4.90 Å².